The van der Waals surface area contributed by atoms with E-state index in [1.807, 2.05) is 0 Å². The summed E-state index contributed by atoms with van der Waals surface area (Å²) in [7, 11) is 0. The quantitative estimate of drug-likeness (QED) is 0.540. The topological polar surface area (TPSA) is 0 Å². The highest BCUT2D eigenvalue weighted by Gasteiger charge is 2.14. The van der Waals surface area contributed by atoms with Gasteiger partial charge < -0.3 is 0 Å². The molecule has 0 rings (SSSR count). The standard InChI is InChI=1S/C14H28/c1-11(2)8-12(3)9-13(4)10-14(5,6)7/h11-12H,4,8-10H2,1-3,5-7H3. The van der Waals surface area contributed by atoms with Gasteiger partial charge in [-0.1, -0.05) is 53.7 Å². The van der Waals surface area contributed by atoms with Gasteiger partial charge in [0, 0.05) is 0 Å². The third kappa shape index (κ3) is 8.34. The van der Waals surface area contributed by atoms with Crippen LogP contribution in [0.3, 0.4) is 0 Å². The summed E-state index contributed by atoms with van der Waals surface area (Å²) >= 11 is 0. The summed E-state index contributed by atoms with van der Waals surface area (Å²) in [5.41, 5.74) is 1.82. The smallest absolute Gasteiger partial charge is 0.0274 e. The normalized spacial score (nSPS) is 14.5. The van der Waals surface area contributed by atoms with Crippen molar-refractivity contribution in [1.82, 2.24) is 0 Å². The summed E-state index contributed by atoms with van der Waals surface area (Å²) in [5.74, 6) is 1.61. The van der Waals surface area contributed by atoms with Gasteiger partial charge in [-0.05, 0) is 36.5 Å². The zero-order chi connectivity index (χ0) is 11.4. The molecule has 84 valence electrons. The Hall–Kier alpha value is -0.260. The second-order valence-electron chi connectivity index (χ2n) is 6.43. The van der Waals surface area contributed by atoms with Crippen molar-refractivity contribution in [1.29, 1.82) is 0 Å². The summed E-state index contributed by atoms with van der Waals surface area (Å²) < 4.78 is 0. The van der Waals surface area contributed by atoms with Crippen molar-refractivity contribution in [3.8, 4) is 0 Å². The van der Waals surface area contributed by atoms with Gasteiger partial charge in [-0.15, -0.1) is 0 Å². The van der Waals surface area contributed by atoms with E-state index in [0.717, 1.165) is 18.3 Å². The molecule has 0 heteroatoms. The Kier molecular flexibility index (Phi) is 5.48. The van der Waals surface area contributed by atoms with E-state index >= 15 is 0 Å². The molecule has 0 aliphatic heterocycles. The van der Waals surface area contributed by atoms with Crippen LogP contribution in [0.4, 0.5) is 0 Å². The fourth-order valence-electron chi connectivity index (χ4n) is 2.20. The molecule has 0 aromatic heterocycles. The van der Waals surface area contributed by atoms with Crippen LogP contribution in [0.2, 0.25) is 0 Å². The Bertz CT molecular complexity index is 169. The molecule has 0 N–H and O–H groups in total. The Morgan fingerprint density at radius 1 is 1.14 bits per heavy atom. The van der Waals surface area contributed by atoms with E-state index in [2.05, 4.69) is 48.1 Å². The van der Waals surface area contributed by atoms with Crippen LogP contribution in [0.15, 0.2) is 12.2 Å². The molecule has 0 spiro atoms. The number of hydrogen-bond acceptors (Lipinski definition) is 0. The van der Waals surface area contributed by atoms with Crippen molar-refractivity contribution in [2.24, 2.45) is 17.3 Å². The van der Waals surface area contributed by atoms with E-state index in [1.165, 1.54) is 18.4 Å². The first-order valence-corrected chi connectivity index (χ1v) is 5.87. The predicted octanol–water partition coefficient (Wildman–Crippen LogP) is 5.05. The van der Waals surface area contributed by atoms with Gasteiger partial charge in [0.1, 0.15) is 0 Å². The van der Waals surface area contributed by atoms with Crippen molar-refractivity contribution < 1.29 is 0 Å². The Labute approximate surface area is 90.8 Å². The van der Waals surface area contributed by atoms with E-state index in [9.17, 15) is 0 Å². The SMILES string of the molecule is C=C(CC(C)CC(C)C)CC(C)(C)C. The molecular weight excluding hydrogens is 168 g/mol. The van der Waals surface area contributed by atoms with Gasteiger partial charge in [0.25, 0.3) is 0 Å². The summed E-state index contributed by atoms with van der Waals surface area (Å²) in [6, 6.07) is 0. The maximum atomic E-state index is 4.19. The molecule has 0 aliphatic carbocycles. The first-order valence-electron chi connectivity index (χ1n) is 5.87. The highest BCUT2D eigenvalue weighted by atomic mass is 14.2. The van der Waals surface area contributed by atoms with Crippen LogP contribution in [0.25, 0.3) is 0 Å². The predicted molar refractivity (Wildman–Crippen MR) is 66.4 cm³/mol. The number of hydrogen-bond donors (Lipinski definition) is 0. The molecule has 1 atom stereocenters. The van der Waals surface area contributed by atoms with E-state index in [-0.39, 0.29) is 0 Å². The lowest BCUT2D eigenvalue weighted by Gasteiger charge is -2.22. The van der Waals surface area contributed by atoms with E-state index in [4.69, 9.17) is 0 Å². The zero-order valence-corrected chi connectivity index (χ0v) is 11.0. The first kappa shape index (κ1) is 13.7. The molecule has 0 saturated heterocycles. The van der Waals surface area contributed by atoms with Crippen molar-refractivity contribution >= 4 is 0 Å². The minimum atomic E-state index is 0.397. The Morgan fingerprint density at radius 2 is 1.64 bits per heavy atom. The van der Waals surface area contributed by atoms with E-state index < -0.39 is 0 Å². The van der Waals surface area contributed by atoms with E-state index in [0.29, 0.717) is 5.41 Å². The largest absolute Gasteiger partial charge is 0.0998 e. The van der Waals surface area contributed by atoms with Crippen LogP contribution < -0.4 is 0 Å². The lowest BCUT2D eigenvalue weighted by Crippen LogP contribution is -2.08. The molecule has 0 nitrogen and oxygen atoms in total. The molecule has 0 aliphatic rings. The second kappa shape index (κ2) is 5.58. The summed E-state index contributed by atoms with van der Waals surface area (Å²) in [5, 5.41) is 0. The summed E-state index contributed by atoms with van der Waals surface area (Å²) in [6.07, 6.45) is 3.69. The summed E-state index contributed by atoms with van der Waals surface area (Å²) in [6.45, 7) is 18.0. The fraction of sp³-hybridized carbons (Fsp3) is 0.857. The van der Waals surface area contributed by atoms with Gasteiger partial charge in [-0.25, -0.2) is 0 Å². The third-order valence-electron chi connectivity index (χ3n) is 2.29. The fourth-order valence-corrected chi connectivity index (χ4v) is 2.20. The highest BCUT2D eigenvalue weighted by molar-refractivity contribution is 4.98. The van der Waals surface area contributed by atoms with Crippen LogP contribution in [-0.2, 0) is 0 Å². The molecule has 0 aromatic carbocycles. The second-order valence-corrected chi connectivity index (χ2v) is 6.43. The number of allylic oxidation sites excluding steroid dienone is 1. The van der Waals surface area contributed by atoms with E-state index in [1.54, 1.807) is 0 Å². The molecule has 14 heavy (non-hydrogen) atoms. The molecule has 0 radical (unpaired) electrons. The Morgan fingerprint density at radius 3 is 2.00 bits per heavy atom. The molecule has 0 bridgehead atoms. The molecule has 0 heterocycles. The average molecular weight is 196 g/mol. The Balaban J connectivity index is 3.83. The van der Waals surface area contributed by atoms with Crippen LogP contribution >= 0.6 is 0 Å². The molecule has 0 aromatic rings. The lowest BCUT2D eigenvalue weighted by molar-refractivity contribution is 0.380. The van der Waals surface area contributed by atoms with Gasteiger partial charge in [0.05, 0.1) is 0 Å². The maximum absolute atomic E-state index is 4.19. The maximum Gasteiger partial charge on any atom is -0.0274 e. The van der Waals surface area contributed by atoms with Crippen molar-refractivity contribution in [3.63, 3.8) is 0 Å². The van der Waals surface area contributed by atoms with Crippen LogP contribution in [-0.4, -0.2) is 0 Å². The molecule has 1 unspecified atom stereocenters. The average Bonchev–Trinajstić information content (AvgIpc) is 1.77. The van der Waals surface area contributed by atoms with Gasteiger partial charge in [-0.2, -0.15) is 0 Å². The third-order valence-corrected chi connectivity index (χ3v) is 2.29. The van der Waals surface area contributed by atoms with Gasteiger partial charge in [-0.3, -0.25) is 0 Å². The van der Waals surface area contributed by atoms with Crippen molar-refractivity contribution in [2.75, 3.05) is 0 Å². The lowest BCUT2D eigenvalue weighted by atomic mass is 9.84. The molecule has 0 fully saturated rings. The van der Waals surface area contributed by atoms with Gasteiger partial charge >= 0.3 is 0 Å². The van der Waals surface area contributed by atoms with Crippen LogP contribution in [0.5, 0.6) is 0 Å². The van der Waals surface area contributed by atoms with Crippen molar-refractivity contribution in [3.05, 3.63) is 12.2 Å². The number of rotatable bonds is 5. The van der Waals surface area contributed by atoms with Crippen molar-refractivity contribution in [2.45, 2.75) is 60.8 Å². The minimum Gasteiger partial charge on any atom is -0.0998 e. The van der Waals surface area contributed by atoms with Crippen LogP contribution in [0.1, 0.15) is 60.8 Å². The van der Waals surface area contributed by atoms with Gasteiger partial charge in [0.2, 0.25) is 0 Å². The first-order chi connectivity index (χ1) is 6.20. The summed E-state index contributed by atoms with van der Waals surface area (Å²) in [4.78, 5) is 0. The zero-order valence-electron chi connectivity index (χ0n) is 11.0. The van der Waals surface area contributed by atoms with Gasteiger partial charge in [0.15, 0.2) is 0 Å². The molecular formula is C14H28. The highest BCUT2D eigenvalue weighted by Crippen LogP contribution is 2.28. The molecule has 0 saturated carbocycles. The van der Waals surface area contributed by atoms with Crippen LogP contribution in [0, 0.1) is 17.3 Å². The minimum absolute atomic E-state index is 0.397. The monoisotopic (exact) mass is 196 g/mol. The molecule has 0 amide bonds.